The number of likely N-dealkylation sites (tertiary alicyclic amines) is 1. The van der Waals surface area contributed by atoms with Crippen molar-refractivity contribution in [2.45, 2.75) is 45.6 Å². The number of nitrogens with zero attached hydrogens (tertiary/aromatic N) is 3. The lowest BCUT2D eigenvalue weighted by atomic mass is 9.97. The minimum absolute atomic E-state index is 0.272. The van der Waals surface area contributed by atoms with Crippen LogP contribution >= 0.6 is 0 Å². The largest absolute Gasteiger partial charge is 0.487 e. The Morgan fingerprint density at radius 3 is 2.45 bits per heavy atom. The molecule has 0 N–H and O–H groups in total. The molecule has 2 heterocycles. The molecule has 1 aliphatic heterocycles. The van der Waals surface area contributed by atoms with E-state index in [0.29, 0.717) is 18.4 Å². The van der Waals surface area contributed by atoms with E-state index in [1.165, 1.54) is 18.2 Å². The summed E-state index contributed by atoms with van der Waals surface area (Å²) in [5.74, 6) is -0.729. The first-order valence-electron chi connectivity index (χ1n) is 10.1. The van der Waals surface area contributed by atoms with Crippen molar-refractivity contribution in [1.29, 1.82) is 0 Å². The van der Waals surface area contributed by atoms with Gasteiger partial charge in [0.25, 0.3) is 0 Å². The zero-order valence-corrected chi connectivity index (χ0v) is 17.3. The highest BCUT2D eigenvalue weighted by Gasteiger charge is 2.21. The fraction of sp³-hybridized carbons (Fsp3) is 0.545. The SMILES string of the molecule is CC(C)(C)Oc1cncc(CCN2CCC(COc3c(F)cccc3F)CC2)n1. The Balaban J connectivity index is 1.42. The van der Waals surface area contributed by atoms with Crippen molar-refractivity contribution in [3.63, 3.8) is 0 Å². The molecule has 1 aromatic heterocycles. The average molecular weight is 405 g/mol. The molecule has 0 spiro atoms. The van der Waals surface area contributed by atoms with Gasteiger partial charge in [-0.1, -0.05) is 6.07 Å². The molecule has 29 heavy (non-hydrogen) atoms. The third-order valence-electron chi connectivity index (χ3n) is 4.85. The molecule has 1 saturated heterocycles. The summed E-state index contributed by atoms with van der Waals surface area (Å²) in [7, 11) is 0. The quantitative estimate of drug-likeness (QED) is 0.689. The Labute approximate surface area is 171 Å². The normalized spacial score (nSPS) is 16.0. The first kappa shape index (κ1) is 21.4. The summed E-state index contributed by atoms with van der Waals surface area (Å²) in [4.78, 5) is 11.1. The van der Waals surface area contributed by atoms with Gasteiger partial charge < -0.3 is 14.4 Å². The van der Waals surface area contributed by atoms with Crippen LogP contribution in [0.1, 0.15) is 39.3 Å². The van der Waals surface area contributed by atoms with Crippen molar-refractivity contribution in [1.82, 2.24) is 14.9 Å². The fourth-order valence-electron chi connectivity index (χ4n) is 3.34. The number of rotatable bonds is 7. The topological polar surface area (TPSA) is 47.5 Å². The molecule has 158 valence electrons. The second kappa shape index (κ2) is 9.48. The van der Waals surface area contributed by atoms with Gasteiger partial charge in [-0.05, 0) is 64.8 Å². The predicted octanol–water partition coefficient (Wildman–Crippen LogP) is 4.27. The number of piperidine rings is 1. The van der Waals surface area contributed by atoms with Crippen LogP contribution < -0.4 is 9.47 Å². The summed E-state index contributed by atoms with van der Waals surface area (Å²) in [6.07, 6.45) is 6.09. The van der Waals surface area contributed by atoms with Crippen LogP contribution in [0.5, 0.6) is 11.6 Å². The summed E-state index contributed by atoms with van der Waals surface area (Å²) in [5, 5.41) is 0. The van der Waals surface area contributed by atoms with Gasteiger partial charge in [0.15, 0.2) is 17.4 Å². The molecular weight excluding hydrogens is 376 g/mol. The number of hydrogen-bond donors (Lipinski definition) is 0. The van der Waals surface area contributed by atoms with Crippen LogP contribution in [0.3, 0.4) is 0 Å². The van der Waals surface area contributed by atoms with Crippen molar-refractivity contribution < 1.29 is 18.3 Å². The van der Waals surface area contributed by atoms with Gasteiger partial charge in [0, 0.05) is 19.2 Å². The first-order valence-corrected chi connectivity index (χ1v) is 10.1. The molecule has 0 saturated carbocycles. The van der Waals surface area contributed by atoms with Gasteiger partial charge in [0.05, 0.1) is 18.5 Å². The molecule has 5 nitrogen and oxygen atoms in total. The molecular formula is C22H29F2N3O2. The molecule has 1 fully saturated rings. The van der Waals surface area contributed by atoms with E-state index >= 15 is 0 Å². The van der Waals surface area contributed by atoms with Gasteiger partial charge in [-0.3, -0.25) is 4.98 Å². The van der Waals surface area contributed by atoms with Crippen LogP contribution in [-0.4, -0.2) is 46.7 Å². The highest BCUT2D eigenvalue weighted by atomic mass is 19.1. The van der Waals surface area contributed by atoms with E-state index in [0.717, 1.165) is 44.6 Å². The zero-order chi connectivity index (χ0) is 20.9. The van der Waals surface area contributed by atoms with E-state index < -0.39 is 11.6 Å². The minimum Gasteiger partial charge on any atom is -0.487 e. The number of para-hydroxylation sites is 1. The van der Waals surface area contributed by atoms with Crippen molar-refractivity contribution in [3.8, 4) is 11.6 Å². The Bertz CT molecular complexity index is 783. The van der Waals surface area contributed by atoms with Gasteiger partial charge in [-0.25, -0.2) is 13.8 Å². The smallest absolute Gasteiger partial charge is 0.233 e. The van der Waals surface area contributed by atoms with Gasteiger partial charge in [0.2, 0.25) is 5.88 Å². The average Bonchev–Trinajstić information content (AvgIpc) is 2.66. The van der Waals surface area contributed by atoms with Crippen LogP contribution in [-0.2, 0) is 6.42 Å². The van der Waals surface area contributed by atoms with E-state index in [1.807, 2.05) is 20.8 Å². The first-order chi connectivity index (χ1) is 13.8. The summed E-state index contributed by atoms with van der Waals surface area (Å²) in [6, 6.07) is 3.77. The van der Waals surface area contributed by atoms with E-state index in [9.17, 15) is 8.78 Å². The Hall–Kier alpha value is -2.28. The second-order valence-corrected chi connectivity index (χ2v) is 8.46. The van der Waals surface area contributed by atoms with Crippen LogP contribution in [0, 0.1) is 17.6 Å². The van der Waals surface area contributed by atoms with Gasteiger partial charge in [-0.2, -0.15) is 0 Å². The minimum atomic E-state index is -0.652. The van der Waals surface area contributed by atoms with E-state index in [-0.39, 0.29) is 11.4 Å². The molecule has 7 heteroatoms. The lowest BCUT2D eigenvalue weighted by Gasteiger charge is -2.31. The summed E-state index contributed by atoms with van der Waals surface area (Å²) < 4.78 is 38.5. The highest BCUT2D eigenvalue weighted by molar-refractivity contribution is 5.26. The number of halogens is 2. The highest BCUT2D eigenvalue weighted by Crippen LogP contribution is 2.24. The van der Waals surface area contributed by atoms with E-state index in [4.69, 9.17) is 9.47 Å². The fourth-order valence-corrected chi connectivity index (χ4v) is 3.34. The maximum Gasteiger partial charge on any atom is 0.233 e. The summed E-state index contributed by atoms with van der Waals surface area (Å²) in [6.45, 7) is 9.03. The Kier molecular flexibility index (Phi) is 7.00. The van der Waals surface area contributed by atoms with Crippen molar-refractivity contribution in [2.24, 2.45) is 5.92 Å². The van der Waals surface area contributed by atoms with Gasteiger partial charge in [-0.15, -0.1) is 0 Å². The van der Waals surface area contributed by atoms with E-state index in [1.54, 1.807) is 12.4 Å². The predicted molar refractivity (Wildman–Crippen MR) is 107 cm³/mol. The molecule has 1 aromatic carbocycles. The van der Waals surface area contributed by atoms with Gasteiger partial charge in [0.1, 0.15) is 5.60 Å². The van der Waals surface area contributed by atoms with Crippen molar-refractivity contribution in [3.05, 3.63) is 47.9 Å². The Morgan fingerprint density at radius 1 is 1.10 bits per heavy atom. The maximum absolute atomic E-state index is 13.7. The van der Waals surface area contributed by atoms with Crippen LogP contribution in [0.4, 0.5) is 8.78 Å². The third-order valence-corrected chi connectivity index (χ3v) is 4.85. The molecule has 0 atom stereocenters. The standard InChI is InChI=1S/C22H29F2N3O2/c1-22(2,3)29-20-14-25-13-17(26-20)9-12-27-10-7-16(8-11-27)15-28-21-18(23)5-4-6-19(21)24/h4-6,13-14,16H,7-12,15H2,1-3H3. The van der Waals surface area contributed by atoms with Crippen LogP contribution in [0.15, 0.2) is 30.6 Å². The van der Waals surface area contributed by atoms with Crippen molar-refractivity contribution >= 4 is 0 Å². The van der Waals surface area contributed by atoms with Crippen LogP contribution in [0.2, 0.25) is 0 Å². The van der Waals surface area contributed by atoms with Gasteiger partial charge >= 0.3 is 0 Å². The summed E-state index contributed by atoms with van der Waals surface area (Å²) >= 11 is 0. The molecule has 3 rings (SSSR count). The van der Waals surface area contributed by atoms with Crippen molar-refractivity contribution in [2.75, 3.05) is 26.2 Å². The molecule has 1 aliphatic rings. The maximum atomic E-state index is 13.7. The third kappa shape index (κ3) is 6.63. The number of benzene rings is 1. The monoisotopic (exact) mass is 405 g/mol. The molecule has 2 aromatic rings. The summed E-state index contributed by atoms with van der Waals surface area (Å²) in [5.41, 5.74) is 0.607. The lowest BCUT2D eigenvalue weighted by molar-refractivity contribution is 0.122. The lowest BCUT2D eigenvalue weighted by Crippen LogP contribution is -2.37. The zero-order valence-electron chi connectivity index (χ0n) is 17.3. The van der Waals surface area contributed by atoms with E-state index in [2.05, 4.69) is 14.9 Å². The Morgan fingerprint density at radius 2 is 1.79 bits per heavy atom. The number of aromatic nitrogens is 2. The molecule has 0 bridgehead atoms. The molecule has 0 unspecified atom stereocenters. The molecule has 0 amide bonds. The number of hydrogen-bond acceptors (Lipinski definition) is 5. The molecule has 0 radical (unpaired) electrons. The second-order valence-electron chi connectivity index (χ2n) is 8.46. The molecule has 0 aliphatic carbocycles. The van der Waals surface area contributed by atoms with Crippen LogP contribution in [0.25, 0.3) is 0 Å². The number of ether oxygens (including phenoxy) is 2.